The fourth-order valence-electron chi connectivity index (χ4n) is 2.52. The van der Waals surface area contributed by atoms with E-state index < -0.39 is 10.8 Å². The second-order valence-corrected chi connectivity index (χ2v) is 7.52. The number of anilines is 1. The van der Waals surface area contributed by atoms with Gasteiger partial charge in [0.1, 0.15) is 11.6 Å². The van der Waals surface area contributed by atoms with Crippen molar-refractivity contribution in [2.45, 2.75) is 24.3 Å². The number of aromatic amines is 1. The molecule has 0 aliphatic carbocycles. The Bertz CT molecular complexity index is 1090. The molecule has 2 aromatic carbocycles. The highest BCUT2D eigenvalue weighted by atomic mass is 32.2. The van der Waals surface area contributed by atoms with Gasteiger partial charge in [-0.1, -0.05) is 59.8 Å². The maximum atomic E-state index is 12.5. The third-order valence-corrected chi connectivity index (χ3v) is 5.02. The number of H-pyrrole nitrogens is 1. The van der Waals surface area contributed by atoms with Crippen LogP contribution in [0.4, 0.5) is 5.69 Å². The van der Waals surface area contributed by atoms with Crippen LogP contribution < -0.4 is 10.9 Å². The zero-order chi connectivity index (χ0) is 20.1. The third kappa shape index (κ3) is 4.48. The maximum Gasteiger partial charge on any atom is 0.270 e. The van der Waals surface area contributed by atoms with Crippen molar-refractivity contribution in [1.82, 2.24) is 9.97 Å². The molecule has 0 aliphatic rings. The molecule has 0 radical (unpaired) electrons. The number of nitrogens with one attached hydrogen (secondary N) is 2. The Morgan fingerprint density at radius 2 is 1.86 bits per heavy atom. The number of carbonyl (C=O) groups excluding carboxylic acids is 1. The molecule has 140 valence electrons. The molecule has 1 amide bonds. The van der Waals surface area contributed by atoms with E-state index in [0.29, 0.717) is 16.9 Å². The van der Waals surface area contributed by atoms with E-state index in [1.54, 1.807) is 19.1 Å². The van der Waals surface area contributed by atoms with Gasteiger partial charge in [0.25, 0.3) is 5.56 Å². The second-order valence-electron chi connectivity index (χ2n) is 6.19. The fourth-order valence-corrected chi connectivity index (χ4v) is 3.32. The predicted molar refractivity (Wildman–Crippen MR) is 110 cm³/mol. The van der Waals surface area contributed by atoms with E-state index in [4.69, 9.17) is 0 Å². The average molecular weight is 390 g/mol. The van der Waals surface area contributed by atoms with Crippen molar-refractivity contribution in [3.05, 3.63) is 76.1 Å². The molecule has 0 fully saturated rings. The first-order valence-electron chi connectivity index (χ1n) is 8.62. The summed E-state index contributed by atoms with van der Waals surface area (Å²) in [5.74, 6) is -0.206. The van der Waals surface area contributed by atoms with Gasteiger partial charge in [0.15, 0.2) is 5.16 Å². The van der Waals surface area contributed by atoms with Gasteiger partial charge in [-0.15, -0.1) is 0 Å². The molecular formula is C21H18N4O2S. The van der Waals surface area contributed by atoms with Gasteiger partial charge >= 0.3 is 0 Å². The molecule has 6 nitrogen and oxygen atoms in total. The zero-order valence-electron chi connectivity index (χ0n) is 15.4. The summed E-state index contributed by atoms with van der Waals surface area (Å²) >= 11 is 1.13. The van der Waals surface area contributed by atoms with Crippen molar-refractivity contribution < 1.29 is 4.79 Å². The summed E-state index contributed by atoms with van der Waals surface area (Å²) in [6.07, 6.45) is 0. The van der Waals surface area contributed by atoms with Gasteiger partial charge in [0.05, 0.1) is 10.9 Å². The molecule has 28 heavy (non-hydrogen) atoms. The molecular weight excluding hydrogens is 372 g/mol. The Balaban J connectivity index is 1.83. The quantitative estimate of drug-likeness (QED) is 0.511. The van der Waals surface area contributed by atoms with Crippen LogP contribution in [0.3, 0.4) is 0 Å². The third-order valence-electron chi connectivity index (χ3n) is 4.03. The molecule has 0 unspecified atom stereocenters. The van der Waals surface area contributed by atoms with E-state index in [0.717, 1.165) is 17.3 Å². The van der Waals surface area contributed by atoms with Gasteiger partial charge < -0.3 is 10.3 Å². The van der Waals surface area contributed by atoms with Gasteiger partial charge in [-0.25, -0.2) is 4.98 Å². The Hall–Kier alpha value is -3.37. The van der Waals surface area contributed by atoms with Crippen LogP contribution in [0.15, 0.2) is 64.5 Å². The summed E-state index contributed by atoms with van der Waals surface area (Å²) in [6.45, 7) is 3.70. The molecule has 1 aromatic heterocycles. The molecule has 0 saturated carbocycles. The molecule has 7 heteroatoms. The highest BCUT2D eigenvalue weighted by Crippen LogP contribution is 2.24. The van der Waals surface area contributed by atoms with Crippen LogP contribution in [-0.2, 0) is 4.79 Å². The molecule has 3 aromatic rings. The maximum absolute atomic E-state index is 12.5. The summed E-state index contributed by atoms with van der Waals surface area (Å²) in [6, 6.07) is 18.4. The molecule has 2 N–H and O–H groups in total. The number of carbonyl (C=O) groups is 1. The highest BCUT2D eigenvalue weighted by Gasteiger charge is 2.19. The van der Waals surface area contributed by atoms with Crippen LogP contribution >= 0.6 is 11.8 Å². The van der Waals surface area contributed by atoms with E-state index in [1.165, 1.54) is 0 Å². The Kier molecular flexibility index (Phi) is 5.92. The number of aryl methyl sites for hydroxylation is 1. The summed E-state index contributed by atoms with van der Waals surface area (Å²) in [5.41, 5.74) is 2.21. The minimum Gasteiger partial charge on any atom is -0.325 e. The summed E-state index contributed by atoms with van der Waals surface area (Å²) in [4.78, 5) is 31.8. The standard InChI is InChI=1S/C21H18N4O2S/c1-13-8-10-16(11-9-13)23-19(26)14(2)28-21-24-18(15-6-4-3-5-7-15)17(12-22)20(27)25-21/h3-11,14H,1-2H3,(H,23,26)(H,24,25,27)/t14-/m0/s1. The number of benzene rings is 2. The van der Waals surface area contributed by atoms with Gasteiger partial charge in [-0.05, 0) is 26.0 Å². The lowest BCUT2D eigenvalue weighted by Gasteiger charge is -2.12. The lowest BCUT2D eigenvalue weighted by atomic mass is 10.1. The van der Waals surface area contributed by atoms with Crippen LogP contribution in [0.1, 0.15) is 18.1 Å². The van der Waals surface area contributed by atoms with Crippen molar-refractivity contribution in [2.75, 3.05) is 5.32 Å². The molecule has 1 atom stereocenters. The Morgan fingerprint density at radius 1 is 1.18 bits per heavy atom. The van der Waals surface area contributed by atoms with E-state index in [9.17, 15) is 14.9 Å². The van der Waals surface area contributed by atoms with Crippen molar-refractivity contribution in [1.29, 1.82) is 5.26 Å². The molecule has 0 saturated heterocycles. The van der Waals surface area contributed by atoms with Gasteiger partial charge in [0, 0.05) is 11.3 Å². The fraction of sp³-hybridized carbons (Fsp3) is 0.143. The minimum atomic E-state index is -0.523. The number of hydrogen-bond donors (Lipinski definition) is 2. The van der Waals surface area contributed by atoms with Crippen molar-refractivity contribution in [3.8, 4) is 17.3 Å². The van der Waals surface area contributed by atoms with E-state index in [1.807, 2.05) is 55.5 Å². The minimum absolute atomic E-state index is 0.0488. The molecule has 0 aliphatic heterocycles. The average Bonchev–Trinajstić information content (AvgIpc) is 2.70. The van der Waals surface area contributed by atoms with E-state index >= 15 is 0 Å². The van der Waals surface area contributed by atoms with E-state index in [2.05, 4.69) is 15.3 Å². The Morgan fingerprint density at radius 3 is 2.50 bits per heavy atom. The van der Waals surface area contributed by atoms with E-state index in [-0.39, 0.29) is 16.6 Å². The van der Waals surface area contributed by atoms with Crippen LogP contribution in [0.5, 0.6) is 0 Å². The van der Waals surface area contributed by atoms with Crippen molar-refractivity contribution in [2.24, 2.45) is 0 Å². The van der Waals surface area contributed by atoms with Gasteiger partial charge in [0.2, 0.25) is 5.91 Å². The van der Waals surface area contributed by atoms with Crippen molar-refractivity contribution in [3.63, 3.8) is 0 Å². The first-order chi connectivity index (χ1) is 13.5. The van der Waals surface area contributed by atoms with Crippen LogP contribution in [0, 0.1) is 18.3 Å². The summed E-state index contributed by atoms with van der Waals surface area (Å²) in [5, 5.41) is 12.0. The number of amides is 1. The number of hydrogen-bond acceptors (Lipinski definition) is 5. The smallest absolute Gasteiger partial charge is 0.270 e. The zero-order valence-corrected chi connectivity index (χ0v) is 16.2. The number of nitriles is 1. The normalized spacial score (nSPS) is 11.5. The van der Waals surface area contributed by atoms with Crippen LogP contribution in [0.2, 0.25) is 0 Å². The largest absolute Gasteiger partial charge is 0.325 e. The lowest BCUT2D eigenvalue weighted by molar-refractivity contribution is -0.115. The first-order valence-corrected chi connectivity index (χ1v) is 9.50. The number of thioether (sulfide) groups is 1. The summed E-state index contributed by atoms with van der Waals surface area (Å²) in [7, 11) is 0. The lowest BCUT2D eigenvalue weighted by Crippen LogP contribution is -2.23. The van der Waals surface area contributed by atoms with Crippen molar-refractivity contribution >= 4 is 23.4 Å². The Labute approximate surface area is 166 Å². The highest BCUT2D eigenvalue weighted by molar-refractivity contribution is 8.00. The van der Waals surface area contributed by atoms with Gasteiger partial charge in [-0.3, -0.25) is 9.59 Å². The topological polar surface area (TPSA) is 98.6 Å². The van der Waals surface area contributed by atoms with Crippen LogP contribution in [-0.4, -0.2) is 21.1 Å². The number of aromatic nitrogens is 2. The molecule has 0 bridgehead atoms. The number of nitrogens with zero attached hydrogens (tertiary/aromatic N) is 2. The monoisotopic (exact) mass is 390 g/mol. The second kappa shape index (κ2) is 8.55. The molecule has 1 heterocycles. The number of rotatable bonds is 5. The van der Waals surface area contributed by atoms with Gasteiger partial charge in [-0.2, -0.15) is 5.26 Å². The SMILES string of the molecule is Cc1ccc(NC(=O)[C@H](C)Sc2nc(-c3ccccc3)c(C#N)c(=O)[nH]2)cc1. The predicted octanol–water partition coefficient (Wildman–Crippen LogP) is 3.74. The first kappa shape index (κ1) is 19.4. The molecule has 3 rings (SSSR count). The molecule has 0 spiro atoms. The summed E-state index contributed by atoms with van der Waals surface area (Å²) < 4.78 is 0. The van der Waals surface area contributed by atoms with Crippen LogP contribution in [0.25, 0.3) is 11.3 Å².